The number of alkyl halides is 3. The molecule has 1 amide bonds. The quantitative estimate of drug-likeness (QED) is 0.638. The Kier molecular flexibility index (Phi) is 5.57. The van der Waals surface area contributed by atoms with Crippen LogP contribution >= 0.6 is 0 Å². The lowest BCUT2D eigenvalue weighted by molar-refractivity contribution is -0.137. The van der Waals surface area contributed by atoms with Gasteiger partial charge in [0.2, 0.25) is 5.91 Å². The van der Waals surface area contributed by atoms with Crippen LogP contribution in [0.5, 0.6) is 0 Å². The largest absolute Gasteiger partial charge is 0.416 e. The SMILES string of the molecule is CN=C(NCc1cccc(C(F)(F)F)c1)N1CCN(c2cnn(C)c2)C(=O)C1. The van der Waals surface area contributed by atoms with Crippen LogP contribution in [-0.4, -0.2) is 53.2 Å². The molecule has 1 aromatic heterocycles. The van der Waals surface area contributed by atoms with Crippen LogP contribution in [0.1, 0.15) is 11.1 Å². The van der Waals surface area contributed by atoms with E-state index in [9.17, 15) is 18.0 Å². The first kappa shape index (κ1) is 19.7. The van der Waals surface area contributed by atoms with Crippen molar-refractivity contribution in [2.45, 2.75) is 12.7 Å². The Morgan fingerprint density at radius 3 is 2.71 bits per heavy atom. The second kappa shape index (κ2) is 7.91. The van der Waals surface area contributed by atoms with Gasteiger partial charge in [0.05, 0.1) is 17.4 Å². The Morgan fingerprint density at radius 2 is 2.11 bits per heavy atom. The van der Waals surface area contributed by atoms with Gasteiger partial charge in [-0.3, -0.25) is 14.5 Å². The summed E-state index contributed by atoms with van der Waals surface area (Å²) in [7, 11) is 3.36. The summed E-state index contributed by atoms with van der Waals surface area (Å²) in [6.07, 6.45) is -0.977. The van der Waals surface area contributed by atoms with E-state index in [1.807, 2.05) is 0 Å². The van der Waals surface area contributed by atoms with Crippen molar-refractivity contribution in [2.24, 2.45) is 12.0 Å². The number of piperazine rings is 1. The molecule has 1 aromatic carbocycles. The van der Waals surface area contributed by atoms with Crippen molar-refractivity contribution >= 4 is 17.6 Å². The van der Waals surface area contributed by atoms with E-state index in [0.717, 1.165) is 17.8 Å². The number of halogens is 3. The topological polar surface area (TPSA) is 65.8 Å². The lowest BCUT2D eigenvalue weighted by Crippen LogP contribution is -2.55. The molecule has 0 unspecified atom stereocenters. The Hall–Kier alpha value is -3.04. The highest BCUT2D eigenvalue weighted by molar-refractivity contribution is 5.98. The molecule has 150 valence electrons. The maximum absolute atomic E-state index is 12.8. The Labute approximate surface area is 160 Å². The molecule has 28 heavy (non-hydrogen) atoms. The molecule has 0 saturated carbocycles. The lowest BCUT2D eigenvalue weighted by Gasteiger charge is -2.35. The van der Waals surface area contributed by atoms with Crippen LogP contribution in [0, 0.1) is 0 Å². The average Bonchev–Trinajstić information content (AvgIpc) is 3.08. The summed E-state index contributed by atoms with van der Waals surface area (Å²) in [4.78, 5) is 20.1. The van der Waals surface area contributed by atoms with Gasteiger partial charge in [0, 0.05) is 39.9 Å². The smallest absolute Gasteiger partial charge is 0.352 e. The number of guanidine groups is 1. The molecule has 1 aliphatic heterocycles. The van der Waals surface area contributed by atoms with E-state index in [-0.39, 0.29) is 19.0 Å². The summed E-state index contributed by atoms with van der Waals surface area (Å²) < 4.78 is 40.2. The number of nitrogens with one attached hydrogen (secondary N) is 1. The van der Waals surface area contributed by atoms with Crippen molar-refractivity contribution in [1.29, 1.82) is 0 Å². The van der Waals surface area contributed by atoms with E-state index in [4.69, 9.17) is 0 Å². The van der Waals surface area contributed by atoms with Gasteiger partial charge in [0.1, 0.15) is 6.54 Å². The third-order valence-electron chi connectivity index (χ3n) is 4.44. The Bertz CT molecular complexity index is 876. The normalized spacial score (nSPS) is 15.9. The number of hydrogen-bond donors (Lipinski definition) is 1. The number of aliphatic imine (C=N–C) groups is 1. The van der Waals surface area contributed by atoms with Crippen molar-refractivity contribution in [3.05, 3.63) is 47.8 Å². The molecule has 0 bridgehead atoms. The number of aryl methyl sites for hydroxylation is 1. The fraction of sp³-hybridized carbons (Fsp3) is 0.389. The van der Waals surface area contributed by atoms with Gasteiger partial charge in [-0.05, 0) is 17.7 Å². The number of amides is 1. The van der Waals surface area contributed by atoms with Crippen LogP contribution in [0.2, 0.25) is 0 Å². The zero-order chi connectivity index (χ0) is 20.3. The highest BCUT2D eigenvalue weighted by Gasteiger charge is 2.30. The van der Waals surface area contributed by atoms with Crippen LogP contribution in [-0.2, 0) is 24.6 Å². The van der Waals surface area contributed by atoms with Crippen LogP contribution in [0.3, 0.4) is 0 Å². The molecule has 1 saturated heterocycles. The standard InChI is InChI=1S/C18H21F3N6O/c1-22-17(23-9-13-4-3-5-14(8-13)18(19,20)21)26-6-7-27(16(28)12-26)15-10-24-25(2)11-15/h3-5,8,10-11H,6-7,9,12H2,1-2H3,(H,22,23). The van der Waals surface area contributed by atoms with E-state index >= 15 is 0 Å². The minimum absolute atomic E-state index is 0.0960. The van der Waals surface area contributed by atoms with E-state index in [1.54, 1.807) is 47.0 Å². The molecule has 1 N–H and O–H groups in total. The first-order chi connectivity index (χ1) is 13.3. The third kappa shape index (κ3) is 4.44. The number of carbonyl (C=O) groups is 1. The average molecular weight is 394 g/mol. The minimum Gasteiger partial charge on any atom is -0.352 e. The van der Waals surface area contributed by atoms with Gasteiger partial charge < -0.3 is 15.1 Å². The molecular formula is C18H21F3N6O. The molecule has 7 nitrogen and oxygen atoms in total. The maximum Gasteiger partial charge on any atom is 0.416 e. The van der Waals surface area contributed by atoms with Crippen molar-refractivity contribution < 1.29 is 18.0 Å². The number of benzene rings is 1. The van der Waals surface area contributed by atoms with Crippen molar-refractivity contribution in [2.75, 3.05) is 31.6 Å². The summed E-state index contributed by atoms with van der Waals surface area (Å²) in [5.74, 6) is 0.373. The van der Waals surface area contributed by atoms with Crippen LogP contribution in [0.15, 0.2) is 41.7 Å². The van der Waals surface area contributed by atoms with Crippen molar-refractivity contribution in [3.8, 4) is 0 Å². The molecule has 1 fully saturated rings. The molecule has 2 aromatic rings. The number of hydrogen-bond acceptors (Lipinski definition) is 3. The maximum atomic E-state index is 12.8. The minimum atomic E-state index is -4.38. The van der Waals surface area contributed by atoms with E-state index in [1.165, 1.54) is 6.07 Å². The summed E-state index contributed by atoms with van der Waals surface area (Å²) in [5.41, 5.74) is 0.525. The van der Waals surface area contributed by atoms with Gasteiger partial charge in [-0.1, -0.05) is 12.1 Å². The second-order valence-corrected chi connectivity index (χ2v) is 6.44. The fourth-order valence-corrected chi connectivity index (χ4v) is 3.05. The third-order valence-corrected chi connectivity index (χ3v) is 4.44. The van der Waals surface area contributed by atoms with Gasteiger partial charge in [0.15, 0.2) is 5.96 Å². The Morgan fingerprint density at radius 1 is 1.32 bits per heavy atom. The second-order valence-electron chi connectivity index (χ2n) is 6.44. The van der Waals surface area contributed by atoms with Gasteiger partial charge in [-0.2, -0.15) is 18.3 Å². The van der Waals surface area contributed by atoms with Gasteiger partial charge in [-0.15, -0.1) is 0 Å². The van der Waals surface area contributed by atoms with Crippen molar-refractivity contribution in [3.63, 3.8) is 0 Å². The summed E-state index contributed by atoms with van der Waals surface area (Å²) >= 11 is 0. The predicted octanol–water partition coefficient (Wildman–Crippen LogP) is 1.86. The van der Waals surface area contributed by atoms with Crippen LogP contribution in [0.4, 0.5) is 18.9 Å². The van der Waals surface area contributed by atoms with Gasteiger partial charge >= 0.3 is 6.18 Å². The molecule has 10 heteroatoms. The fourth-order valence-electron chi connectivity index (χ4n) is 3.05. The summed E-state index contributed by atoms with van der Waals surface area (Å²) in [6.45, 7) is 1.31. The highest BCUT2D eigenvalue weighted by Crippen LogP contribution is 2.29. The molecule has 0 radical (unpaired) electrons. The molecule has 3 rings (SSSR count). The molecule has 1 aliphatic rings. The van der Waals surface area contributed by atoms with Gasteiger partial charge in [0.25, 0.3) is 0 Å². The van der Waals surface area contributed by atoms with Gasteiger partial charge in [-0.25, -0.2) is 0 Å². The number of rotatable bonds is 3. The molecular weight excluding hydrogens is 373 g/mol. The Balaban J connectivity index is 1.61. The van der Waals surface area contributed by atoms with E-state index in [2.05, 4.69) is 15.4 Å². The monoisotopic (exact) mass is 394 g/mol. The molecule has 0 atom stereocenters. The number of aromatic nitrogens is 2. The van der Waals surface area contributed by atoms with E-state index < -0.39 is 11.7 Å². The lowest BCUT2D eigenvalue weighted by atomic mass is 10.1. The summed E-state index contributed by atoms with van der Waals surface area (Å²) in [6, 6.07) is 5.13. The first-order valence-electron chi connectivity index (χ1n) is 8.68. The number of carbonyl (C=O) groups excluding carboxylic acids is 1. The number of nitrogens with zero attached hydrogens (tertiary/aromatic N) is 5. The number of anilines is 1. The zero-order valence-corrected chi connectivity index (χ0v) is 15.6. The first-order valence-corrected chi connectivity index (χ1v) is 8.68. The summed E-state index contributed by atoms with van der Waals surface area (Å²) in [5, 5.41) is 7.11. The molecule has 2 heterocycles. The highest BCUT2D eigenvalue weighted by atomic mass is 19.4. The molecule has 0 aliphatic carbocycles. The van der Waals surface area contributed by atoms with Crippen LogP contribution in [0.25, 0.3) is 0 Å². The van der Waals surface area contributed by atoms with E-state index in [0.29, 0.717) is 24.6 Å². The van der Waals surface area contributed by atoms with Crippen molar-refractivity contribution in [1.82, 2.24) is 20.0 Å². The zero-order valence-electron chi connectivity index (χ0n) is 15.6. The predicted molar refractivity (Wildman–Crippen MR) is 98.8 cm³/mol. The van der Waals surface area contributed by atoms with Crippen LogP contribution < -0.4 is 10.2 Å². The molecule has 0 spiro atoms.